The lowest BCUT2D eigenvalue weighted by molar-refractivity contribution is 0.414. The van der Waals surface area contributed by atoms with Crippen molar-refractivity contribution in [2.24, 2.45) is 0 Å². The molecule has 0 aliphatic heterocycles. The Balaban J connectivity index is 2.19. The SMILES string of the molecule is COc1cccc(CC(C#N)c2ccc(F)cc2)c1. The van der Waals surface area contributed by atoms with E-state index in [0.717, 1.165) is 16.9 Å². The summed E-state index contributed by atoms with van der Waals surface area (Å²) in [4.78, 5) is 0. The maximum Gasteiger partial charge on any atom is 0.123 e. The van der Waals surface area contributed by atoms with Crippen LogP contribution in [0.25, 0.3) is 0 Å². The van der Waals surface area contributed by atoms with Gasteiger partial charge in [0.15, 0.2) is 0 Å². The van der Waals surface area contributed by atoms with Crippen molar-refractivity contribution in [1.29, 1.82) is 5.26 Å². The van der Waals surface area contributed by atoms with Crippen molar-refractivity contribution < 1.29 is 9.13 Å². The summed E-state index contributed by atoms with van der Waals surface area (Å²) in [6, 6.07) is 16.0. The molecule has 0 amide bonds. The highest BCUT2D eigenvalue weighted by molar-refractivity contribution is 5.33. The summed E-state index contributed by atoms with van der Waals surface area (Å²) in [5.74, 6) is 0.197. The average molecular weight is 255 g/mol. The predicted octanol–water partition coefficient (Wildman–Crippen LogP) is 3.68. The maximum atomic E-state index is 12.9. The van der Waals surface area contributed by atoms with E-state index in [-0.39, 0.29) is 11.7 Å². The first-order valence-corrected chi connectivity index (χ1v) is 6.01. The summed E-state index contributed by atoms with van der Waals surface area (Å²) in [6.07, 6.45) is 0.583. The van der Waals surface area contributed by atoms with Crippen molar-refractivity contribution in [1.82, 2.24) is 0 Å². The zero-order valence-electron chi connectivity index (χ0n) is 10.6. The van der Waals surface area contributed by atoms with Crippen LogP contribution in [0.3, 0.4) is 0 Å². The van der Waals surface area contributed by atoms with Crippen molar-refractivity contribution in [2.75, 3.05) is 7.11 Å². The fourth-order valence-corrected chi connectivity index (χ4v) is 1.97. The van der Waals surface area contributed by atoms with E-state index in [1.807, 2.05) is 24.3 Å². The van der Waals surface area contributed by atoms with Crippen LogP contribution < -0.4 is 4.74 Å². The van der Waals surface area contributed by atoms with Gasteiger partial charge in [-0.3, -0.25) is 0 Å². The Morgan fingerprint density at radius 2 is 1.95 bits per heavy atom. The van der Waals surface area contributed by atoms with Gasteiger partial charge in [-0.15, -0.1) is 0 Å². The Kier molecular flexibility index (Phi) is 4.15. The van der Waals surface area contributed by atoms with Gasteiger partial charge in [0, 0.05) is 0 Å². The zero-order chi connectivity index (χ0) is 13.7. The number of ether oxygens (including phenoxy) is 1. The molecule has 19 heavy (non-hydrogen) atoms. The minimum absolute atomic E-state index is 0.285. The van der Waals surface area contributed by atoms with Crippen molar-refractivity contribution in [3.05, 3.63) is 65.5 Å². The number of hydrogen-bond donors (Lipinski definition) is 0. The molecule has 0 aliphatic carbocycles. The smallest absolute Gasteiger partial charge is 0.123 e. The van der Waals surface area contributed by atoms with E-state index in [2.05, 4.69) is 6.07 Å². The van der Waals surface area contributed by atoms with E-state index in [1.165, 1.54) is 12.1 Å². The number of hydrogen-bond acceptors (Lipinski definition) is 2. The van der Waals surface area contributed by atoms with E-state index in [0.29, 0.717) is 6.42 Å². The molecule has 0 radical (unpaired) electrons. The minimum Gasteiger partial charge on any atom is -0.497 e. The van der Waals surface area contributed by atoms with Crippen molar-refractivity contribution in [3.63, 3.8) is 0 Å². The second-order valence-corrected chi connectivity index (χ2v) is 4.29. The molecule has 2 nitrogen and oxygen atoms in total. The van der Waals surface area contributed by atoms with Gasteiger partial charge in [0.1, 0.15) is 11.6 Å². The molecule has 3 heteroatoms. The van der Waals surface area contributed by atoms with Crippen LogP contribution in [0.2, 0.25) is 0 Å². The fourth-order valence-electron chi connectivity index (χ4n) is 1.97. The van der Waals surface area contributed by atoms with Crippen LogP contribution in [0.4, 0.5) is 4.39 Å². The number of benzene rings is 2. The standard InChI is InChI=1S/C16H14FNO/c1-19-16-4-2-3-12(10-16)9-14(11-18)13-5-7-15(17)8-6-13/h2-8,10,14H,9H2,1H3. The summed E-state index contributed by atoms with van der Waals surface area (Å²) in [7, 11) is 1.61. The van der Waals surface area contributed by atoms with Crippen LogP contribution in [0.5, 0.6) is 5.75 Å². The van der Waals surface area contributed by atoms with E-state index in [1.54, 1.807) is 19.2 Å². The first-order chi connectivity index (χ1) is 9.22. The van der Waals surface area contributed by atoms with Gasteiger partial charge in [-0.05, 0) is 41.8 Å². The molecule has 0 fully saturated rings. The molecule has 0 N–H and O–H groups in total. The lowest BCUT2D eigenvalue weighted by Crippen LogP contribution is -2.01. The lowest BCUT2D eigenvalue weighted by Gasteiger charge is -2.10. The molecule has 2 aromatic rings. The molecular formula is C16H14FNO. The van der Waals surface area contributed by atoms with Gasteiger partial charge in [-0.2, -0.15) is 5.26 Å². The maximum absolute atomic E-state index is 12.9. The largest absolute Gasteiger partial charge is 0.497 e. The van der Waals surface area contributed by atoms with Gasteiger partial charge in [-0.1, -0.05) is 24.3 Å². The van der Waals surface area contributed by atoms with Crippen molar-refractivity contribution >= 4 is 0 Å². The molecule has 0 heterocycles. The summed E-state index contributed by atoms with van der Waals surface area (Å²) in [5, 5.41) is 9.26. The molecule has 0 saturated carbocycles. The van der Waals surface area contributed by atoms with Crippen molar-refractivity contribution in [2.45, 2.75) is 12.3 Å². The molecule has 1 atom stereocenters. The first kappa shape index (κ1) is 13.1. The number of rotatable bonds is 4. The van der Waals surface area contributed by atoms with Gasteiger partial charge in [0.05, 0.1) is 19.1 Å². The predicted molar refractivity (Wildman–Crippen MR) is 71.5 cm³/mol. The van der Waals surface area contributed by atoms with Crippen LogP contribution in [0.15, 0.2) is 48.5 Å². The Labute approximate surface area is 112 Å². The second kappa shape index (κ2) is 6.01. The fraction of sp³-hybridized carbons (Fsp3) is 0.188. The van der Waals surface area contributed by atoms with Gasteiger partial charge in [0.25, 0.3) is 0 Å². The third kappa shape index (κ3) is 3.32. The van der Waals surface area contributed by atoms with Crippen LogP contribution >= 0.6 is 0 Å². The number of methoxy groups -OCH3 is 1. The minimum atomic E-state index is -0.290. The third-order valence-electron chi connectivity index (χ3n) is 3.00. The average Bonchev–Trinajstić information content (AvgIpc) is 2.46. The highest BCUT2D eigenvalue weighted by Gasteiger charge is 2.12. The number of nitriles is 1. The molecule has 2 aromatic carbocycles. The molecule has 0 spiro atoms. The number of halogens is 1. The summed E-state index contributed by atoms with van der Waals surface area (Å²) in [6.45, 7) is 0. The molecule has 0 aromatic heterocycles. The second-order valence-electron chi connectivity index (χ2n) is 4.29. The van der Waals surface area contributed by atoms with E-state index < -0.39 is 0 Å². The van der Waals surface area contributed by atoms with Gasteiger partial charge >= 0.3 is 0 Å². The van der Waals surface area contributed by atoms with Crippen LogP contribution in [-0.4, -0.2) is 7.11 Å². The highest BCUT2D eigenvalue weighted by atomic mass is 19.1. The molecular weight excluding hydrogens is 241 g/mol. The van der Waals surface area contributed by atoms with Crippen LogP contribution in [-0.2, 0) is 6.42 Å². The molecule has 0 saturated heterocycles. The van der Waals surface area contributed by atoms with Crippen LogP contribution in [0, 0.1) is 17.1 Å². The zero-order valence-corrected chi connectivity index (χ0v) is 10.6. The van der Waals surface area contributed by atoms with Crippen molar-refractivity contribution in [3.8, 4) is 11.8 Å². The third-order valence-corrected chi connectivity index (χ3v) is 3.00. The van der Waals surface area contributed by atoms with E-state index in [4.69, 9.17) is 4.74 Å². The summed E-state index contributed by atoms with van der Waals surface area (Å²) >= 11 is 0. The topological polar surface area (TPSA) is 33.0 Å². The lowest BCUT2D eigenvalue weighted by atomic mass is 9.93. The molecule has 2 rings (SSSR count). The first-order valence-electron chi connectivity index (χ1n) is 6.01. The Morgan fingerprint density at radius 3 is 2.58 bits per heavy atom. The monoisotopic (exact) mass is 255 g/mol. The quantitative estimate of drug-likeness (QED) is 0.834. The van der Waals surface area contributed by atoms with Gasteiger partial charge < -0.3 is 4.74 Å². The number of nitrogens with zero attached hydrogens (tertiary/aromatic N) is 1. The highest BCUT2D eigenvalue weighted by Crippen LogP contribution is 2.22. The Bertz CT molecular complexity index is 586. The van der Waals surface area contributed by atoms with E-state index >= 15 is 0 Å². The van der Waals surface area contributed by atoms with Gasteiger partial charge in [-0.25, -0.2) is 4.39 Å². The Morgan fingerprint density at radius 1 is 1.21 bits per heavy atom. The summed E-state index contributed by atoms with van der Waals surface area (Å²) in [5.41, 5.74) is 1.85. The Hall–Kier alpha value is -2.34. The van der Waals surface area contributed by atoms with Gasteiger partial charge in [0.2, 0.25) is 0 Å². The molecule has 1 unspecified atom stereocenters. The normalized spacial score (nSPS) is 11.6. The summed E-state index contributed by atoms with van der Waals surface area (Å²) < 4.78 is 18.0. The molecule has 96 valence electrons. The molecule has 0 bridgehead atoms. The van der Waals surface area contributed by atoms with Crippen LogP contribution in [0.1, 0.15) is 17.0 Å². The molecule has 0 aliphatic rings. The van der Waals surface area contributed by atoms with E-state index in [9.17, 15) is 9.65 Å².